The van der Waals surface area contributed by atoms with Crippen LogP contribution in [0, 0.1) is 6.92 Å². The highest BCUT2D eigenvalue weighted by Gasteiger charge is 2.19. The summed E-state index contributed by atoms with van der Waals surface area (Å²) in [4.78, 5) is 4.00. The van der Waals surface area contributed by atoms with Gasteiger partial charge in [0.05, 0.1) is 5.69 Å². The lowest BCUT2D eigenvalue weighted by molar-refractivity contribution is 0.477. The van der Waals surface area contributed by atoms with Crippen LogP contribution in [-0.4, -0.2) is 22.4 Å². The molecule has 0 aliphatic rings. The van der Waals surface area contributed by atoms with Gasteiger partial charge in [0.2, 0.25) is 0 Å². The van der Waals surface area contributed by atoms with Gasteiger partial charge >= 0.3 is 10.1 Å². The van der Waals surface area contributed by atoms with Crippen molar-refractivity contribution in [2.24, 2.45) is 0 Å². The van der Waals surface area contributed by atoms with E-state index in [9.17, 15) is 8.42 Å². The molecular formula is C8H8N2O3S. The Morgan fingerprint density at radius 1 is 1.43 bits per heavy atom. The standard InChI is InChI=1S/C8H8N2O3S/c1-6-8(14(11,12)13)10-5-3-2-4-7(10)9-6/h2-5H,1H3,(H,11,12,13). The summed E-state index contributed by atoms with van der Waals surface area (Å²) in [7, 11) is -4.22. The van der Waals surface area contributed by atoms with Crippen LogP contribution in [-0.2, 0) is 10.1 Å². The fourth-order valence-corrected chi connectivity index (χ4v) is 2.22. The molecule has 0 aromatic carbocycles. The summed E-state index contributed by atoms with van der Waals surface area (Å²) in [5.74, 6) is 0. The van der Waals surface area contributed by atoms with Gasteiger partial charge in [-0.3, -0.25) is 8.95 Å². The fraction of sp³-hybridized carbons (Fsp3) is 0.125. The zero-order chi connectivity index (χ0) is 10.3. The van der Waals surface area contributed by atoms with E-state index in [-0.39, 0.29) is 5.03 Å². The molecule has 0 unspecified atom stereocenters. The molecule has 0 aliphatic carbocycles. The van der Waals surface area contributed by atoms with Crippen LogP contribution in [0.3, 0.4) is 0 Å². The molecule has 2 aromatic rings. The molecule has 0 saturated carbocycles. The van der Waals surface area contributed by atoms with E-state index < -0.39 is 10.1 Å². The van der Waals surface area contributed by atoms with Crippen molar-refractivity contribution in [1.29, 1.82) is 0 Å². The quantitative estimate of drug-likeness (QED) is 0.712. The van der Waals surface area contributed by atoms with Gasteiger partial charge in [0.15, 0.2) is 5.03 Å². The van der Waals surface area contributed by atoms with E-state index in [4.69, 9.17) is 4.55 Å². The van der Waals surface area contributed by atoms with E-state index >= 15 is 0 Å². The lowest BCUT2D eigenvalue weighted by Crippen LogP contribution is -2.03. The third-order valence-electron chi connectivity index (χ3n) is 1.89. The van der Waals surface area contributed by atoms with E-state index in [1.807, 2.05) is 0 Å². The molecule has 0 spiro atoms. The number of nitrogens with zero attached hydrogens (tertiary/aromatic N) is 2. The minimum Gasteiger partial charge on any atom is -0.288 e. The average Bonchev–Trinajstić information content (AvgIpc) is 2.38. The van der Waals surface area contributed by atoms with Gasteiger partial charge in [-0.05, 0) is 19.1 Å². The van der Waals surface area contributed by atoms with Gasteiger partial charge in [-0.25, -0.2) is 4.98 Å². The van der Waals surface area contributed by atoms with Gasteiger partial charge in [0.25, 0.3) is 0 Å². The molecule has 0 aliphatic heterocycles. The van der Waals surface area contributed by atoms with E-state index in [0.29, 0.717) is 11.3 Å². The van der Waals surface area contributed by atoms with Crippen LogP contribution in [0.15, 0.2) is 29.4 Å². The van der Waals surface area contributed by atoms with Gasteiger partial charge in [-0.1, -0.05) is 6.07 Å². The zero-order valence-electron chi connectivity index (χ0n) is 7.38. The monoisotopic (exact) mass is 212 g/mol. The molecule has 5 nitrogen and oxygen atoms in total. The Morgan fingerprint density at radius 3 is 2.79 bits per heavy atom. The predicted molar refractivity (Wildman–Crippen MR) is 49.7 cm³/mol. The summed E-state index contributed by atoms with van der Waals surface area (Å²) in [6, 6.07) is 5.08. The van der Waals surface area contributed by atoms with Gasteiger partial charge in [0, 0.05) is 6.20 Å². The van der Waals surface area contributed by atoms with Crippen molar-refractivity contribution in [2.75, 3.05) is 0 Å². The number of imidazole rings is 1. The van der Waals surface area contributed by atoms with Crippen molar-refractivity contribution in [1.82, 2.24) is 9.38 Å². The SMILES string of the molecule is Cc1nc2ccccn2c1S(=O)(=O)O. The number of rotatable bonds is 1. The lowest BCUT2D eigenvalue weighted by atomic mass is 10.5. The van der Waals surface area contributed by atoms with Crippen molar-refractivity contribution < 1.29 is 13.0 Å². The first-order valence-corrected chi connectivity index (χ1v) is 5.35. The van der Waals surface area contributed by atoms with Crippen LogP contribution in [0.1, 0.15) is 5.69 Å². The molecule has 2 aromatic heterocycles. The van der Waals surface area contributed by atoms with Crippen LogP contribution in [0.5, 0.6) is 0 Å². The normalized spacial score (nSPS) is 12.1. The third-order valence-corrected chi connectivity index (χ3v) is 2.87. The summed E-state index contributed by atoms with van der Waals surface area (Å²) < 4.78 is 32.4. The second kappa shape index (κ2) is 2.79. The molecule has 14 heavy (non-hydrogen) atoms. The second-order valence-corrected chi connectivity index (χ2v) is 4.24. The first kappa shape index (κ1) is 9.17. The third kappa shape index (κ3) is 1.28. The second-order valence-electron chi connectivity index (χ2n) is 2.91. The highest BCUT2D eigenvalue weighted by molar-refractivity contribution is 7.85. The van der Waals surface area contributed by atoms with Crippen molar-refractivity contribution in [3.8, 4) is 0 Å². The Bertz CT molecular complexity index is 586. The summed E-state index contributed by atoms with van der Waals surface area (Å²) >= 11 is 0. The molecule has 0 atom stereocenters. The Morgan fingerprint density at radius 2 is 2.14 bits per heavy atom. The number of pyridine rings is 1. The summed E-state index contributed by atoms with van der Waals surface area (Å²) in [6.45, 7) is 1.54. The van der Waals surface area contributed by atoms with Gasteiger partial charge < -0.3 is 0 Å². The number of hydrogen-bond acceptors (Lipinski definition) is 3. The summed E-state index contributed by atoms with van der Waals surface area (Å²) in [6.07, 6.45) is 1.54. The Balaban J connectivity index is 2.95. The van der Waals surface area contributed by atoms with Crippen LogP contribution >= 0.6 is 0 Å². The van der Waals surface area contributed by atoms with Gasteiger partial charge in [0.1, 0.15) is 5.65 Å². The highest BCUT2D eigenvalue weighted by atomic mass is 32.2. The van der Waals surface area contributed by atoms with Gasteiger partial charge in [-0.15, -0.1) is 0 Å². The molecule has 6 heteroatoms. The Labute approximate surface area is 80.8 Å². The molecule has 74 valence electrons. The number of aryl methyl sites for hydroxylation is 1. The predicted octanol–water partition coefficient (Wildman–Crippen LogP) is 0.889. The van der Waals surface area contributed by atoms with E-state index in [1.54, 1.807) is 24.4 Å². The molecule has 0 bridgehead atoms. The molecule has 2 heterocycles. The summed E-state index contributed by atoms with van der Waals surface area (Å²) in [5, 5.41) is -0.173. The molecule has 0 amide bonds. The van der Waals surface area contributed by atoms with Gasteiger partial charge in [-0.2, -0.15) is 8.42 Å². The topological polar surface area (TPSA) is 71.7 Å². The van der Waals surface area contributed by atoms with Crippen LogP contribution in [0.2, 0.25) is 0 Å². The number of hydrogen-bond donors (Lipinski definition) is 1. The highest BCUT2D eigenvalue weighted by Crippen LogP contribution is 2.16. The maximum atomic E-state index is 11.0. The van der Waals surface area contributed by atoms with Crippen molar-refractivity contribution in [2.45, 2.75) is 11.9 Å². The maximum absolute atomic E-state index is 11.0. The van der Waals surface area contributed by atoms with Crippen molar-refractivity contribution in [3.63, 3.8) is 0 Å². The first-order chi connectivity index (χ1) is 6.50. The van der Waals surface area contributed by atoms with Crippen molar-refractivity contribution >= 4 is 15.8 Å². The molecule has 0 saturated heterocycles. The van der Waals surface area contributed by atoms with E-state index in [1.165, 1.54) is 11.3 Å². The van der Waals surface area contributed by atoms with E-state index in [2.05, 4.69) is 4.98 Å². The molecule has 1 N–H and O–H groups in total. The Hall–Kier alpha value is -1.40. The van der Waals surface area contributed by atoms with Crippen LogP contribution < -0.4 is 0 Å². The smallest absolute Gasteiger partial charge is 0.288 e. The molecule has 0 fully saturated rings. The number of aromatic nitrogens is 2. The zero-order valence-corrected chi connectivity index (χ0v) is 8.19. The lowest BCUT2D eigenvalue weighted by Gasteiger charge is -1.97. The maximum Gasteiger partial charge on any atom is 0.312 e. The average molecular weight is 212 g/mol. The van der Waals surface area contributed by atoms with Crippen LogP contribution in [0.4, 0.5) is 0 Å². The Kier molecular flexibility index (Phi) is 1.83. The molecule has 0 radical (unpaired) electrons. The first-order valence-electron chi connectivity index (χ1n) is 3.91. The largest absolute Gasteiger partial charge is 0.312 e. The van der Waals surface area contributed by atoms with E-state index in [0.717, 1.165) is 0 Å². The minimum atomic E-state index is -4.22. The summed E-state index contributed by atoms with van der Waals surface area (Å²) in [5.41, 5.74) is 0.788. The fourth-order valence-electron chi connectivity index (χ4n) is 1.40. The molecule has 2 rings (SSSR count). The van der Waals surface area contributed by atoms with Crippen molar-refractivity contribution in [3.05, 3.63) is 30.1 Å². The molecular weight excluding hydrogens is 204 g/mol. The number of fused-ring (bicyclic) bond motifs is 1. The minimum absolute atomic E-state index is 0.173. The van der Waals surface area contributed by atoms with Crippen LogP contribution in [0.25, 0.3) is 5.65 Å².